The third-order valence-electron chi connectivity index (χ3n) is 11.7. The Labute approximate surface area is 352 Å². The zero-order valence-electron chi connectivity index (χ0n) is 33.1. The van der Waals surface area contributed by atoms with Gasteiger partial charge in [0.25, 0.3) is 12.3 Å². The van der Waals surface area contributed by atoms with Crippen LogP contribution in [0.4, 0.5) is 32.2 Å². The Bertz CT molecular complexity index is 2830. The van der Waals surface area contributed by atoms with Crippen LogP contribution in [0.5, 0.6) is 0 Å². The zero-order valence-corrected chi connectivity index (χ0v) is 35.5. The van der Waals surface area contributed by atoms with Gasteiger partial charge in [-0.3, -0.25) is 23.9 Å². The summed E-state index contributed by atoms with van der Waals surface area (Å²) in [4.78, 5) is 19.0. The first-order valence-corrected chi connectivity index (χ1v) is 23.2. The number of nitrogens with one attached hydrogen (secondary N) is 2. The minimum absolute atomic E-state index is 0.0127. The lowest BCUT2D eigenvalue weighted by Crippen LogP contribution is -2.36. The lowest BCUT2D eigenvalue weighted by Gasteiger charge is -2.26. The molecule has 12 nitrogen and oxygen atoms in total. The quantitative estimate of drug-likeness (QED) is 0.101. The Morgan fingerprint density at radius 3 is 2.31 bits per heavy atom. The van der Waals surface area contributed by atoms with Crippen LogP contribution in [-0.4, -0.2) is 63.5 Å². The molecule has 61 heavy (non-hydrogen) atoms. The fraction of sp³-hybridized carbons (Fsp3) is 0.450. The van der Waals surface area contributed by atoms with Crippen molar-refractivity contribution in [1.29, 1.82) is 0 Å². The number of hydrogen-bond acceptors (Lipinski definition) is 8. The standard InChI is InChI=1S/C40H40ClF6N7O5S2/c1-39(2,61(58,59)23-6-7-23)12-11-22-5-8-24(25-9-10-28(41)32-35(25)53(3)51-38(32)52-60(4,56)57)33(48-22)29(15-19-13-20(42)16-21(43)14-19)49-30(55)18-54-36-31(34(50-54)37(44)45)26-17-27(26)40(36,46)47/h5,8-10,13-14,16,23,26-27,29,37H,6-7,11-12,15,17-18H2,1-4H3,(H,49,55)(H,51,52)/t26-,27?,29-/m0/s1. The molecule has 21 heteroatoms. The highest BCUT2D eigenvalue weighted by atomic mass is 35.5. The van der Waals surface area contributed by atoms with Crippen LogP contribution in [0.1, 0.15) is 91.8 Å². The number of amides is 1. The van der Waals surface area contributed by atoms with Crippen LogP contribution in [0.3, 0.4) is 0 Å². The van der Waals surface area contributed by atoms with E-state index in [9.17, 15) is 39.2 Å². The Morgan fingerprint density at radius 1 is 1.00 bits per heavy atom. The maximum absolute atomic E-state index is 15.5. The summed E-state index contributed by atoms with van der Waals surface area (Å²) in [5.74, 6) is -8.45. The minimum atomic E-state index is -3.85. The van der Waals surface area contributed by atoms with Gasteiger partial charge in [0, 0.05) is 41.4 Å². The number of pyridine rings is 1. The van der Waals surface area contributed by atoms with Gasteiger partial charge in [0.15, 0.2) is 15.7 Å². The van der Waals surface area contributed by atoms with Crippen molar-refractivity contribution in [3.63, 3.8) is 0 Å². The maximum Gasteiger partial charge on any atom is 0.293 e. The van der Waals surface area contributed by atoms with E-state index in [4.69, 9.17) is 16.6 Å². The number of sulfonamides is 1. The monoisotopic (exact) mass is 911 g/mol. The molecule has 0 bridgehead atoms. The lowest BCUT2D eigenvalue weighted by molar-refractivity contribution is -0.123. The van der Waals surface area contributed by atoms with E-state index in [2.05, 4.69) is 20.2 Å². The van der Waals surface area contributed by atoms with Gasteiger partial charge in [-0.25, -0.2) is 34.4 Å². The van der Waals surface area contributed by atoms with Gasteiger partial charge >= 0.3 is 0 Å². The topological polar surface area (TPSA) is 158 Å². The van der Waals surface area contributed by atoms with E-state index in [1.54, 1.807) is 32.0 Å². The van der Waals surface area contributed by atoms with Crippen LogP contribution in [0.2, 0.25) is 5.02 Å². The molecule has 8 rings (SSSR count). The maximum atomic E-state index is 15.5. The summed E-state index contributed by atoms with van der Waals surface area (Å²) in [5.41, 5.74) is -0.406. The molecule has 1 unspecified atom stereocenters. The van der Waals surface area contributed by atoms with Crippen LogP contribution in [0.25, 0.3) is 22.0 Å². The number of hydrogen-bond donors (Lipinski definition) is 2. The van der Waals surface area contributed by atoms with Gasteiger partial charge in [-0.2, -0.15) is 19.0 Å². The summed E-state index contributed by atoms with van der Waals surface area (Å²) >= 11 is 6.63. The smallest absolute Gasteiger partial charge is 0.293 e. The summed E-state index contributed by atoms with van der Waals surface area (Å²) in [6, 6.07) is 7.74. The Hall–Kier alpha value is -4.69. The van der Waals surface area contributed by atoms with Crippen molar-refractivity contribution in [3.8, 4) is 11.1 Å². The number of halogens is 7. The minimum Gasteiger partial charge on any atom is -0.346 e. The first kappa shape index (κ1) is 43.0. The Balaban J connectivity index is 1.26. The number of carbonyl (C=O) groups excluding carboxylic acids is 1. The molecule has 1 amide bonds. The van der Waals surface area contributed by atoms with Crippen LogP contribution >= 0.6 is 11.6 Å². The molecule has 0 radical (unpaired) electrons. The van der Waals surface area contributed by atoms with Crippen molar-refractivity contribution < 1.29 is 48.0 Å². The molecule has 2 aromatic carbocycles. The molecule has 2 N–H and O–H groups in total. The second-order valence-electron chi connectivity index (χ2n) is 16.7. The molecule has 3 aromatic heterocycles. The highest BCUT2D eigenvalue weighted by Crippen LogP contribution is 2.68. The normalized spacial score (nSPS) is 19.0. The number of nitrogens with zero attached hydrogens (tertiary/aromatic N) is 5. The van der Waals surface area contributed by atoms with Crippen LogP contribution in [-0.2, 0) is 57.0 Å². The van der Waals surface area contributed by atoms with Crippen LogP contribution < -0.4 is 10.0 Å². The van der Waals surface area contributed by atoms with Crippen molar-refractivity contribution in [2.24, 2.45) is 13.0 Å². The summed E-state index contributed by atoms with van der Waals surface area (Å²) in [7, 11) is -5.82. The van der Waals surface area contributed by atoms with Gasteiger partial charge in [0.1, 0.15) is 29.6 Å². The summed E-state index contributed by atoms with van der Waals surface area (Å²) in [6.07, 6.45) is -1.17. The molecule has 0 aliphatic heterocycles. The van der Waals surface area contributed by atoms with E-state index in [1.807, 2.05) is 0 Å². The van der Waals surface area contributed by atoms with Gasteiger partial charge in [0.05, 0.1) is 43.9 Å². The summed E-state index contributed by atoms with van der Waals surface area (Å²) in [5, 5.41) is 10.7. The lowest BCUT2D eigenvalue weighted by atomic mass is 9.93. The highest BCUT2D eigenvalue weighted by molar-refractivity contribution is 7.93. The molecule has 326 valence electrons. The van der Waals surface area contributed by atoms with E-state index >= 15 is 8.78 Å². The molecule has 3 heterocycles. The molecule has 2 fully saturated rings. The molecule has 2 saturated carbocycles. The van der Waals surface area contributed by atoms with Crippen molar-refractivity contribution in [3.05, 3.63) is 93.0 Å². The zero-order chi connectivity index (χ0) is 44.1. The van der Waals surface area contributed by atoms with E-state index in [1.165, 1.54) is 17.8 Å². The summed E-state index contributed by atoms with van der Waals surface area (Å²) < 4.78 is 143. The molecular formula is C40H40ClF6N7O5S2. The predicted octanol–water partition coefficient (Wildman–Crippen LogP) is 7.67. The van der Waals surface area contributed by atoms with Gasteiger partial charge in [-0.15, -0.1) is 0 Å². The molecular weight excluding hydrogens is 872 g/mol. The molecule has 5 aromatic rings. The molecule has 0 saturated heterocycles. The number of carbonyl (C=O) groups is 1. The van der Waals surface area contributed by atoms with Crippen LogP contribution in [0, 0.1) is 17.6 Å². The molecule has 0 spiro atoms. The number of aryl methyl sites for hydroxylation is 2. The van der Waals surface area contributed by atoms with Crippen molar-refractivity contribution >= 4 is 54.1 Å². The number of aromatic nitrogens is 5. The largest absolute Gasteiger partial charge is 0.346 e. The first-order chi connectivity index (χ1) is 28.5. The number of fused-ring (bicyclic) bond motifs is 4. The number of benzene rings is 2. The van der Waals surface area contributed by atoms with E-state index in [0.717, 1.165) is 18.4 Å². The number of anilines is 1. The molecule has 3 aliphatic rings. The predicted molar refractivity (Wildman–Crippen MR) is 215 cm³/mol. The van der Waals surface area contributed by atoms with E-state index in [0.29, 0.717) is 40.4 Å². The van der Waals surface area contributed by atoms with Gasteiger partial charge in [-0.05, 0) is 88.1 Å². The summed E-state index contributed by atoms with van der Waals surface area (Å²) in [6.45, 7) is 2.34. The van der Waals surface area contributed by atoms with Crippen molar-refractivity contribution in [2.75, 3.05) is 11.0 Å². The van der Waals surface area contributed by atoms with Crippen molar-refractivity contribution in [1.82, 2.24) is 29.9 Å². The third kappa shape index (κ3) is 7.98. The second kappa shape index (κ2) is 15.0. The molecule has 3 atom stereocenters. The van der Waals surface area contributed by atoms with Gasteiger partial charge in [-0.1, -0.05) is 23.7 Å². The van der Waals surface area contributed by atoms with Gasteiger partial charge in [0.2, 0.25) is 15.9 Å². The van der Waals surface area contributed by atoms with E-state index < -0.39 is 95.6 Å². The average molecular weight is 912 g/mol. The van der Waals surface area contributed by atoms with Crippen LogP contribution in [0.15, 0.2) is 42.5 Å². The second-order valence-corrected chi connectivity index (χ2v) is 21.7. The number of sulfone groups is 1. The first-order valence-electron chi connectivity index (χ1n) is 19.3. The third-order valence-corrected chi connectivity index (χ3v) is 15.7. The van der Waals surface area contributed by atoms with E-state index in [-0.39, 0.29) is 64.3 Å². The van der Waals surface area contributed by atoms with Gasteiger partial charge < -0.3 is 5.32 Å². The number of alkyl halides is 4. The fourth-order valence-electron chi connectivity index (χ4n) is 8.53. The highest BCUT2D eigenvalue weighted by Gasteiger charge is 2.67. The Morgan fingerprint density at radius 2 is 1.67 bits per heavy atom. The van der Waals surface area contributed by atoms with Crippen molar-refractivity contribution in [2.45, 2.75) is 93.2 Å². The number of rotatable bonds is 15. The fourth-order valence-corrected chi connectivity index (χ4v) is 11.3. The Kier molecular flexibility index (Phi) is 10.6. The average Bonchev–Trinajstić information content (AvgIpc) is 4.07. The SMILES string of the molecule is Cn1nc(NS(C)(=O)=O)c2c(Cl)ccc(-c3ccc(CCC(C)(C)S(=O)(=O)C4CC4)nc3[C@H](Cc3cc(F)cc(F)c3)NC(=O)Cn3nc(C(F)F)c4c3C(F)(F)C3C[C@H]43)c21. The molecule has 3 aliphatic carbocycles.